The highest BCUT2D eigenvalue weighted by molar-refractivity contribution is 4.93. The second kappa shape index (κ2) is 4.02. The Morgan fingerprint density at radius 2 is 1.15 bits per heavy atom. The van der Waals surface area contributed by atoms with Crippen LogP contribution in [0.5, 0.6) is 0 Å². The van der Waals surface area contributed by atoms with E-state index in [1.807, 2.05) is 0 Å². The molecule has 0 spiro atoms. The smallest absolute Gasteiger partial charge is 0.0205 e. The van der Waals surface area contributed by atoms with E-state index in [1.54, 1.807) is 0 Å². The third kappa shape index (κ3) is 2.08. The molecule has 0 nitrogen and oxygen atoms in total. The van der Waals surface area contributed by atoms with E-state index in [0.29, 0.717) is 10.8 Å². The van der Waals surface area contributed by atoms with Crippen LogP contribution >= 0.6 is 0 Å². The van der Waals surface area contributed by atoms with E-state index in [4.69, 9.17) is 0 Å². The Kier molecular flexibility index (Phi) is 4.02. The molecule has 0 amide bonds. The van der Waals surface area contributed by atoms with Gasteiger partial charge in [0.2, 0.25) is 0 Å². The van der Waals surface area contributed by atoms with E-state index >= 15 is 0 Å². The van der Waals surface area contributed by atoms with Crippen molar-refractivity contribution in [3.63, 3.8) is 0 Å². The highest BCUT2D eigenvalue weighted by atomic mass is 14.5. The summed E-state index contributed by atoms with van der Waals surface area (Å²) in [6.45, 7) is 19.0. The highest BCUT2D eigenvalue weighted by Crippen LogP contribution is 2.52. The van der Waals surface area contributed by atoms with E-state index in [1.165, 1.54) is 6.42 Å². The minimum atomic E-state index is 0.407. The van der Waals surface area contributed by atoms with Gasteiger partial charge in [-0.05, 0) is 29.1 Å². The van der Waals surface area contributed by atoms with Crippen LogP contribution in [0.25, 0.3) is 0 Å². The van der Waals surface area contributed by atoms with Crippen molar-refractivity contribution in [2.45, 2.75) is 61.8 Å². The lowest BCUT2D eigenvalue weighted by Crippen LogP contribution is -2.44. The standard InChI is InChI=1S/C13H28/c1-9-13(10(2)3,11(4)5)12(6,7)8/h10-11H,9H2,1-8H3. The Labute approximate surface area is 85.1 Å². The Bertz CT molecular complexity index is 138. The van der Waals surface area contributed by atoms with Crippen LogP contribution in [0.2, 0.25) is 0 Å². The van der Waals surface area contributed by atoms with Gasteiger partial charge in [-0.3, -0.25) is 0 Å². The summed E-state index contributed by atoms with van der Waals surface area (Å²) in [5.74, 6) is 1.52. The summed E-state index contributed by atoms with van der Waals surface area (Å²) >= 11 is 0. The molecule has 0 saturated carbocycles. The fourth-order valence-electron chi connectivity index (χ4n) is 3.75. The molecule has 0 unspecified atom stereocenters. The van der Waals surface area contributed by atoms with Gasteiger partial charge in [-0.25, -0.2) is 0 Å². The maximum Gasteiger partial charge on any atom is -0.0205 e. The van der Waals surface area contributed by atoms with E-state index in [2.05, 4.69) is 55.4 Å². The van der Waals surface area contributed by atoms with Crippen molar-refractivity contribution in [2.75, 3.05) is 0 Å². The quantitative estimate of drug-likeness (QED) is 0.594. The van der Waals surface area contributed by atoms with Crippen LogP contribution in [0.1, 0.15) is 61.8 Å². The molecule has 13 heavy (non-hydrogen) atoms. The second-order valence-corrected chi connectivity index (χ2v) is 5.95. The van der Waals surface area contributed by atoms with Gasteiger partial charge in [-0.15, -0.1) is 0 Å². The predicted molar refractivity (Wildman–Crippen MR) is 61.9 cm³/mol. The molecule has 80 valence electrons. The summed E-state index contributed by atoms with van der Waals surface area (Å²) in [5, 5.41) is 0. The van der Waals surface area contributed by atoms with Gasteiger partial charge in [0, 0.05) is 0 Å². The van der Waals surface area contributed by atoms with Gasteiger partial charge in [0.15, 0.2) is 0 Å². The Hall–Kier alpha value is 0. The third-order valence-electron chi connectivity index (χ3n) is 4.04. The maximum absolute atomic E-state index is 2.39. The summed E-state index contributed by atoms with van der Waals surface area (Å²) in [7, 11) is 0. The zero-order valence-electron chi connectivity index (χ0n) is 10.9. The van der Waals surface area contributed by atoms with Gasteiger partial charge in [-0.2, -0.15) is 0 Å². The average Bonchev–Trinajstić information content (AvgIpc) is 1.83. The minimum Gasteiger partial charge on any atom is -0.0648 e. The first-order valence-electron chi connectivity index (χ1n) is 5.70. The highest BCUT2D eigenvalue weighted by Gasteiger charge is 2.44. The first kappa shape index (κ1) is 13.0. The van der Waals surface area contributed by atoms with Crippen molar-refractivity contribution in [2.24, 2.45) is 22.7 Å². The van der Waals surface area contributed by atoms with Crippen molar-refractivity contribution in [1.29, 1.82) is 0 Å². The van der Waals surface area contributed by atoms with Gasteiger partial charge in [-0.1, -0.05) is 55.4 Å². The molecule has 0 radical (unpaired) electrons. The summed E-state index contributed by atoms with van der Waals surface area (Å²) in [6.07, 6.45) is 1.28. The number of rotatable bonds is 3. The number of hydrogen-bond donors (Lipinski definition) is 0. The van der Waals surface area contributed by atoms with Crippen LogP contribution in [-0.2, 0) is 0 Å². The normalized spacial score (nSPS) is 14.3. The predicted octanol–water partition coefficient (Wildman–Crippen LogP) is 4.74. The zero-order chi connectivity index (χ0) is 10.9. The molecule has 0 saturated heterocycles. The van der Waals surface area contributed by atoms with Crippen LogP contribution in [0.3, 0.4) is 0 Å². The fraction of sp³-hybridized carbons (Fsp3) is 1.00. The second-order valence-electron chi connectivity index (χ2n) is 5.95. The summed E-state index contributed by atoms with van der Waals surface area (Å²) in [4.78, 5) is 0. The Morgan fingerprint density at radius 3 is 1.15 bits per heavy atom. The van der Waals surface area contributed by atoms with E-state index in [9.17, 15) is 0 Å². The molecule has 0 rings (SSSR count). The lowest BCUT2D eigenvalue weighted by Gasteiger charge is -2.51. The molecule has 0 aromatic rings. The zero-order valence-corrected chi connectivity index (χ0v) is 10.9. The molecule has 0 aliphatic heterocycles. The molecule has 0 N–H and O–H groups in total. The molecule has 0 aromatic heterocycles. The van der Waals surface area contributed by atoms with E-state index < -0.39 is 0 Å². The van der Waals surface area contributed by atoms with E-state index in [-0.39, 0.29) is 0 Å². The van der Waals surface area contributed by atoms with Crippen molar-refractivity contribution < 1.29 is 0 Å². The molecule has 0 heterocycles. The Morgan fingerprint density at radius 1 is 0.846 bits per heavy atom. The first-order valence-corrected chi connectivity index (χ1v) is 5.70. The average molecular weight is 184 g/mol. The molecule has 0 heteroatoms. The van der Waals surface area contributed by atoms with Crippen molar-refractivity contribution in [3.05, 3.63) is 0 Å². The van der Waals surface area contributed by atoms with Crippen LogP contribution in [-0.4, -0.2) is 0 Å². The summed E-state index contributed by atoms with van der Waals surface area (Å²) in [5.41, 5.74) is 0.886. The van der Waals surface area contributed by atoms with Gasteiger partial charge in [0.1, 0.15) is 0 Å². The molecule has 0 bridgehead atoms. The summed E-state index contributed by atoms with van der Waals surface area (Å²) in [6, 6.07) is 0. The van der Waals surface area contributed by atoms with Gasteiger partial charge < -0.3 is 0 Å². The minimum absolute atomic E-state index is 0.407. The van der Waals surface area contributed by atoms with Gasteiger partial charge in [0.05, 0.1) is 0 Å². The molecular formula is C13H28. The summed E-state index contributed by atoms with van der Waals surface area (Å²) < 4.78 is 0. The van der Waals surface area contributed by atoms with Crippen LogP contribution in [0.4, 0.5) is 0 Å². The van der Waals surface area contributed by atoms with Crippen molar-refractivity contribution in [3.8, 4) is 0 Å². The third-order valence-corrected chi connectivity index (χ3v) is 4.04. The lowest BCUT2D eigenvalue weighted by molar-refractivity contribution is -0.0226. The topological polar surface area (TPSA) is 0 Å². The molecule has 0 fully saturated rings. The SMILES string of the molecule is CCC(C(C)C)(C(C)C)C(C)(C)C. The van der Waals surface area contributed by atoms with Crippen molar-refractivity contribution >= 4 is 0 Å². The molecule has 0 aliphatic rings. The maximum atomic E-state index is 2.39. The monoisotopic (exact) mass is 184 g/mol. The Balaban J connectivity index is 5.12. The molecule has 0 atom stereocenters. The van der Waals surface area contributed by atoms with Crippen LogP contribution in [0.15, 0.2) is 0 Å². The molecular weight excluding hydrogens is 156 g/mol. The van der Waals surface area contributed by atoms with Gasteiger partial charge >= 0.3 is 0 Å². The lowest BCUT2D eigenvalue weighted by atomic mass is 9.54. The van der Waals surface area contributed by atoms with Crippen molar-refractivity contribution in [1.82, 2.24) is 0 Å². The van der Waals surface area contributed by atoms with Crippen LogP contribution < -0.4 is 0 Å². The van der Waals surface area contributed by atoms with Crippen LogP contribution in [0, 0.1) is 22.7 Å². The number of hydrogen-bond acceptors (Lipinski definition) is 0. The first-order chi connectivity index (χ1) is 5.70. The van der Waals surface area contributed by atoms with E-state index in [0.717, 1.165) is 11.8 Å². The fourth-order valence-corrected chi connectivity index (χ4v) is 3.75. The molecule has 0 aromatic carbocycles. The molecule has 0 aliphatic carbocycles. The largest absolute Gasteiger partial charge is 0.0648 e. The van der Waals surface area contributed by atoms with Gasteiger partial charge in [0.25, 0.3) is 0 Å².